The summed E-state index contributed by atoms with van der Waals surface area (Å²) in [4.78, 5) is 154. The number of urea groups is 1. The Balaban J connectivity index is 0.00000531. The highest BCUT2D eigenvalue weighted by atomic mass is 32.2. The van der Waals surface area contributed by atoms with Crippen LogP contribution < -0.4 is 87.6 Å². The standard InChI is InChI=1S/C49H89N19O13S.C2HF3O2/c1-24(2)19-30(41(75)62-28(12-9-17-57-47(52)53)38(72)59-26(5)45(79)80)64-43(77)32(21-69)66-44(78)33(22-70)65-42(76)31(20-25(3)4)63-40(74)29(13-10-18-58-48(54)55)61-39(73)27(11-8-16-56-46(50)51)60-36(71)15-7-6-14-35-37-34(23-82-35)67-49(81)68-37;3-2(4,5)1(6)7/h24-35,37,69-70H,6-23H2,1-5H3,(H,59,72)(H,60,71)(H,61,73)(H,62,75)(H,63,74)(H,64,77)(H,65,76)(H,66,78)(H,79,80)(H4,50,51,56)(H4,52,53,57)(H4,54,55,58)(H2,67,68,81);(H,6,7)/t26-,27-,28-,29-,30-,31-,32-,33-,34-,35-,37-;/m0./s1. The molecular formula is C51H90F3N19O15S. The summed E-state index contributed by atoms with van der Waals surface area (Å²) in [6, 6.07) is -11.6. The van der Waals surface area contributed by atoms with Gasteiger partial charge in [0, 0.05) is 37.1 Å². The van der Waals surface area contributed by atoms with Crippen molar-refractivity contribution < 1.29 is 86.3 Å². The lowest BCUT2D eigenvalue weighted by atomic mass is 10.0. The third-order valence-corrected chi connectivity index (χ3v) is 14.6. The summed E-state index contributed by atoms with van der Waals surface area (Å²) in [5.41, 5.74) is 32.8. The van der Waals surface area contributed by atoms with E-state index in [-0.39, 0.29) is 131 Å². The molecule has 10 amide bonds. The second-order valence-electron chi connectivity index (χ2n) is 21.7. The molecule has 0 aromatic rings. The molecule has 2 aliphatic heterocycles. The lowest BCUT2D eigenvalue weighted by Gasteiger charge is -2.28. The number of hydrogen-bond donors (Lipinski definition) is 20. The normalized spacial score (nSPS) is 17.6. The van der Waals surface area contributed by atoms with E-state index in [1.54, 1.807) is 39.5 Å². The number of aliphatic hydroxyl groups is 2. The molecule has 2 saturated heterocycles. The Morgan fingerprint density at radius 1 is 0.539 bits per heavy atom. The molecule has 2 heterocycles. The molecule has 0 aromatic carbocycles. The van der Waals surface area contributed by atoms with Crippen LogP contribution in [0.2, 0.25) is 0 Å². The SMILES string of the molecule is CC(C)C[C@H](NC(=O)[C@H](CO)NC(=O)[C@H](CO)NC(=O)[C@H](CC(C)C)NC(=O)[C@H](CCCN=C(N)N)NC(=O)[C@H](CCCN=C(N)N)NC(=O)CCCC[C@@H]1SC[C@@H]2NC(=O)N[C@@H]21)C(=O)N[C@@H](CCCN=C(N)N)C(=O)N[C@@H](C)C(=O)O.O=C(O)C(F)(F)F. The Labute approximate surface area is 516 Å². The highest BCUT2D eigenvalue weighted by Crippen LogP contribution is 2.33. The van der Waals surface area contributed by atoms with Crippen LogP contribution in [-0.2, 0) is 47.9 Å². The van der Waals surface area contributed by atoms with Crippen LogP contribution in [0.3, 0.4) is 0 Å². The maximum atomic E-state index is 14.2. The number of rotatable bonds is 39. The Hall–Kier alpha value is -8.16. The van der Waals surface area contributed by atoms with Crippen molar-refractivity contribution in [2.24, 2.45) is 61.2 Å². The van der Waals surface area contributed by atoms with E-state index in [9.17, 15) is 76.4 Å². The van der Waals surface area contributed by atoms with Gasteiger partial charge in [0.05, 0.1) is 25.3 Å². The third kappa shape index (κ3) is 32.1. The highest BCUT2D eigenvalue weighted by Gasteiger charge is 2.43. The number of alkyl halides is 3. The van der Waals surface area contributed by atoms with Gasteiger partial charge in [-0.3, -0.25) is 58.1 Å². The van der Waals surface area contributed by atoms with Crippen LogP contribution in [0.25, 0.3) is 0 Å². The minimum absolute atomic E-state index is 0.00755. The first kappa shape index (κ1) is 78.9. The van der Waals surface area contributed by atoms with Crippen molar-refractivity contribution in [1.82, 2.24) is 53.2 Å². The molecule has 0 saturated carbocycles. The van der Waals surface area contributed by atoms with Gasteiger partial charge in [-0.2, -0.15) is 24.9 Å². The van der Waals surface area contributed by atoms with Crippen LogP contribution >= 0.6 is 11.8 Å². The molecule has 34 nitrogen and oxygen atoms in total. The summed E-state index contributed by atoms with van der Waals surface area (Å²) in [7, 11) is 0. The number of carboxylic acids is 2. The Bertz CT molecular complexity index is 2470. The lowest BCUT2D eigenvalue weighted by molar-refractivity contribution is -0.192. The number of aliphatic carboxylic acids is 2. The predicted octanol–water partition coefficient (Wildman–Crippen LogP) is -5.43. The molecule has 0 bridgehead atoms. The topological polar surface area (TPSA) is 582 Å². The first-order chi connectivity index (χ1) is 41.6. The van der Waals surface area contributed by atoms with Crippen LogP contribution in [0, 0.1) is 11.8 Å². The van der Waals surface area contributed by atoms with E-state index in [2.05, 4.69) is 68.1 Å². The molecule has 0 aromatic heterocycles. The van der Waals surface area contributed by atoms with Crippen molar-refractivity contribution in [1.29, 1.82) is 0 Å². The fourth-order valence-corrected chi connectivity index (χ4v) is 10.2. The lowest BCUT2D eigenvalue weighted by Crippen LogP contribution is -2.61. The quantitative estimate of drug-likeness (QED) is 0.0118. The fourth-order valence-electron chi connectivity index (χ4n) is 8.66. The number of nitrogens with one attached hydrogen (secondary N) is 10. The van der Waals surface area contributed by atoms with Crippen molar-refractivity contribution in [3.05, 3.63) is 0 Å². The summed E-state index contributed by atoms with van der Waals surface area (Å²) in [5, 5.41) is 63.1. The molecule has 0 aliphatic carbocycles. The number of halogens is 3. The van der Waals surface area contributed by atoms with E-state index in [4.69, 9.17) is 44.3 Å². The van der Waals surface area contributed by atoms with Gasteiger partial charge in [-0.25, -0.2) is 9.59 Å². The molecule has 89 heavy (non-hydrogen) atoms. The van der Waals surface area contributed by atoms with Crippen molar-refractivity contribution in [2.45, 2.75) is 184 Å². The van der Waals surface area contributed by atoms with Crippen LogP contribution in [0.4, 0.5) is 18.0 Å². The number of carbonyl (C=O) groups excluding carboxylic acids is 9. The van der Waals surface area contributed by atoms with Crippen LogP contribution in [0.15, 0.2) is 15.0 Å². The highest BCUT2D eigenvalue weighted by molar-refractivity contribution is 8.00. The first-order valence-corrected chi connectivity index (χ1v) is 29.7. The number of carboxylic acid groups (broad SMARTS) is 2. The molecule has 2 fully saturated rings. The second kappa shape index (κ2) is 40.4. The average molecular weight is 1300 g/mol. The molecule has 0 radical (unpaired) electrons. The third-order valence-electron chi connectivity index (χ3n) is 13.1. The maximum Gasteiger partial charge on any atom is 0.490 e. The van der Waals surface area contributed by atoms with E-state index in [1.165, 1.54) is 6.92 Å². The summed E-state index contributed by atoms with van der Waals surface area (Å²) < 4.78 is 31.7. The molecule has 0 spiro atoms. The van der Waals surface area contributed by atoms with Gasteiger partial charge in [-0.1, -0.05) is 34.1 Å². The van der Waals surface area contributed by atoms with Crippen molar-refractivity contribution in [3.63, 3.8) is 0 Å². The number of thioether (sulfide) groups is 1. The zero-order valence-electron chi connectivity index (χ0n) is 50.4. The van der Waals surface area contributed by atoms with E-state index in [0.717, 1.165) is 12.2 Å². The Morgan fingerprint density at radius 2 is 0.888 bits per heavy atom. The van der Waals surface area contributed by atoms with Gasteiger partial charge in [0.25, 0.3) is 0 Å². The zero-order chi connectivity index (χ0) is 67.7. The van der Waals surface area contributed by atoms with Gasteiger partial charge in [0.2, 0.25) is 47.3 Å². The Morgan fingerprint density at radius 3 is 1.25 bits per heavy atom. The smallest absolute Gasteiger partial charge is 0.480 e. The number of nitrogens with two attached hydrogens (primary N) is 6. The van der Waals surface area contributed by atoms with E-state index >= 15 is 0 Å². The number of aliphatic hydroxyl groups excluding tert-OH is 2. The van der Waals surface area contributed by atoms with Crippen molar-refractivity contribution >= 4 is 94.9 Å². The van der Waals surface area contributed by atoms with Crippen molar-refractivity contribution in [3.8, 4) is 0 Å². The number of hydrogen-bond acceptors (Lipinski definition) is 17. The molecule has 0 unspecified atom stereocenters. The summed E-state index contributed by atoms with van der Waals surface area (Å²) in [5.74, 6) is -11.4. The second-order valence-corrected chi connectivity index (χ2v) is 23.0. The van der Waals surface area contributed by atoms with Gasteiger partial charge in [-0.15, -0.1) is 0 Å². The van der Waals surface area contributed by atoms with E-state index in [1.807, 2.05) is 0 Å². The number of nitrogens with zero attached hydrogens (tertiary/aromatic N) is 3. The van der Waals surface area contributed by atoms with Crippen LogP contribution in [0.5, 0.6) is 0 Å². The van der Waals surface area contributed by atoms with Crippen molar-refractivity contribution in [2.75, 3.05) is 38.6 Å². The summed E-state index contributed by atoms with van der Waals surface area (Å²) in [6.07, 6.45) is -2.61. The monoisotopic (exact) mass is 1300 g/mol. The van der Waals surface area contributed by atoms with Crippen LogP contribution in [-0.4, -0.2) is 214 Å². The average Bonchev–Trinajstić information content (AvgIpc) is 2.58. The fraction of sp³-hybridized carbons (Fsp3) is 0.725. The molecule has 506 valence electrons. The van der Waals surface area contributed by atoms with E-state index < -0.39 is 127 Å². The number of carbonyl (C=O) groups is 11. The zero-order valence-corrected chi connectivity index (χ0v) is 51.2. The molecule has 26 N–H and O–H groups in total. The number of unbranched alkanes of at least 4 members (excludes halogenated alkanes) is 1. The maximum absolute atomic E-state index is 14.2. The van der Waals surface area contributed by atoms with Gasteiger partial charge in [0.15, 0.2) is 17.9 Å². The number of aliphatic imine (C=N–C) groups is 3. The largest absolute Gasteiger partial charge is 0.490 e. The molecular weight excluding hydrogens is 1210 g/mol. The first-order valence-electron chi connectivity index (χ1n) is 28.6. The minimum Gasteiger partial charge on any atom is -0.480 e. The summed E-state index contributed by atoms with van der Waals surface area (Å²) in [6.45, 7) is 6.31. The van der Waals surface area contributed by atoms with Gasteiger partial charge in [-0.05, 0) is 83.0 Å². The summed E-state index contributed by atoms with van der Waals surface area (Å²) >= 11 is 1.75. The molecule has 2 aliphatic rings. The molecule has 2 rings (SSSR count). The van der Waals surface area contributed by atoms with Gasteiger partial charge < -0.3 is 108 Å². The number of amides is 10. The predicted molar refractivity (Wildman–Crippen MR) is 319 cm³/mol. The Kier molecular flexibility index (Phi) is 35.8. The minimum atomic E-state index is -5.08. The van der Waals surface area contributed by atoms with E-state index in [0.29, 0.717) is 12.8 Å². The number of fused-ring (bicyclic) bond motifs is 1. The van der Waals surface area contributed by atoms with Crippen LogP contribution in [0.1, 0.15) is 112 Å². The molecule has 11 atom stereocenters. The molecule has 38 heteroatoms. The number of guanidine groups is 3. The van der Waals surface area contributed by atoms with Gasteiger partial charge in [0.1, 0.15) is 48.3 Å². The van der Waals surface area contributed by atoms with Gasteiger partial charge >= 0.3 is 24.1 Å².